The molecular weight excluding hydrogens is 222 g/mol. The summed E-state index contributed by atoms with van der Waals surface area (Å²) in [5.41, 5.74) is 8.26. The SMILES string of the molecule is CCC(N)C(CCO)c1ccc(C)c(Cl)c1. The number of hydrogen-bond acceptors (Lipinski definition) is 2. The first kappa shape index (κ1) is 13.5. The van der Waals surface area contributed by atoms with Gasteiger partial charge in [-0.15, -0.1) is 0 Å². The van der Waals surface area contributed by atoms with Crippen LogP contribution >= 0.6 is 11.6 Å². The standard InChI is InChI=1S/C13H20ClNO/c1-3-13(15)11(6-7-16)10-5-4-9(2)12(14)8-10/h4-5,8,11,13,16H,3,6-7,15H2,1-2H3. The van der Waals surface area contributed by atoms with Crippen LogP contribution in [0, 0.1) is 6.92 Å². The lowest BCUT2D eigenvalue weighted by Gasteiger charge is -2.23. The smallest absolute Gasteiger partial charge is 0.0438 e. The lowest BCUT2D eigenvalue weighted by Crippen LogP contribution is -2.28. The molecule has 3 N–H and O–H groups in total. The van der Waals surface area contributed by atoms with E-state index in [0.29, 0.717) is 6.42 Å². The Balaban J connectivity index is 2.96. The molecule has 1 aromatic carbocycles. The molecule has 0 heterocycles. The van der Waals surface area contributed by atoms with Crippen LogP contribution in [0.5, 0.6) is 0 Å². The van der Waals surface area contributed by atoms with Gasteiger partial charge < -0.3 is 10.8 Å². The minimum Gasteiger partial charge on any atom is -0.396 e. The highest BCUT2D eigenvalue weighted by Gasteiger charge is 2.18. The first-order valence-corrected chi connectivity index (χ1v) is 6.10. The Morgan fingerprint density at radius 3 is 2.62 bits per heavy atom. The third kappa shape index (κ3) is 3.21. The third-order valence-electron chi connectivity index (χ3n) is 3.05. The molecule has 2 unspecified atom stereocenters. The second kappa shape index (κ2) is 6.24. The molecule has 0 saturated carbocycles. The van der Waals surface area contributed by atoms with Crippen LogP contribution in [0.4, 0.5) is 0 Å². The van der Waals surface area contributed by atoms with Crippen molar-refractivity contribution < 1.29 is 5.11 Å². The van der Waals surface area contributed by atoms with Crippen LogP contribution in [0.25, 0.3) is 0 Å². The number of aryl methyl sites for hydroxylation is 1. The third-order valence-corrected chi connectivity index (χ3v) is 3.46. The number of halogens is 1. The Kier molecular flexibility index (Phi) is 5.26. The average molecular weight is 242 g/mol. The molecule has 0 bridgehead atoms. The summed E-state index contributed by atoms with van der Waals surface area (Å²) >= 11 is 6.10. The second-order valence-corrected chi connectivity index (χ2v) is 4.61. The molecule has 0 aliphatic carbocycles. The lowest BCUT2D eigenvalue weighted by molar-refractivity contribution is 0.266. The summed E-state index contributed by atoms with van der Waals surface area (Å²) < 4.78 is 0. The van der Waals surface area contributed by atoms with Crippen molar-refractivity contribution in [3.8, 4) is 0 Å². The maximum absolute atomic E-state index is 9.08. The maximum atomic E-state index is 9.08. The highest BCUT2D eigenvalue weighted by atomic mass is 35.5. The predicted octanol–water partition coefficient (Wildman–Crippen LogP) is 2.85. The summed E-state index contributed by atoms with van der Waals surface area (Å²) in [5.74, 6) is 0.188. The molecule has 0 amide bonds. The Bertz CT molecular complexity index is 341. The molecule has 0 spiro atoms. The van der Waals surface area contributed by atoms with E-state index in [9.17, 15) is 0 Å². The van der Waals surface area contributed by atoms with Gasteiger partial charge in [-0.3, -0.25) is 0 Å². The second-order valence-electron chi connectivity index (χ2n) is 4.20. The molecule has 0 fully saturated rings. The Morgan fingerprint density at radius 1 is 1.44 bits per heavy atom. The van der Waals surface area contributed by atoms with Gasteiger partial charge in [0.25, 0.3) is 0 Å². The van der Waals surface area contributed by atoms with Gasteiger partial charge in [-0.25, -0.2) is 0 Å². The minimum absolute atomic E-state index is 0.0749. The molecule has 0 aromatic heterocycles. The van der Waals surface area contributed by atoms with Gasteiger partial charge in [0.15, 0.2) is 0 Å². The Hall–Kier alpha value is -0.570. The number of aliphatic hydroxyl groups excluding tert-OH is 1. The molecule has 3 heteroatoms. The van der Waals surface area contributed by atoms with Gasteiger partial charge in [0, 0.05) is 23.6 Å². The van der Waals surface area contributed by atoms with Crippen molar-refractivity contribution in [1.29, 1.82) is 0 Å². The number of nitrogens with two attached hydrogens (primary N) is 1. The van der Waals surface area contributed by atoms with Crippen molar-refractivity contribution in [3.63, 3.8) is 0 Å². The number of aliphatic hydroxyl groups is 1. The van der Waals surface area contributed by atoms with Crippen LogP contribution in [0.1, 0.15) is 36.8 Å². The van der Waals surface area contributed by atoms with Gasteiger partial charge in [0.2, 0.25) is 0 Å². The van der Waals surface area contributed by atoms with E-state index in [2.05, 4.69) is 13.0 Å². The van der Waals surface area contributed by atoms with E-state index >= 15 is 0 Å². The molecule has 1 rings (SSSR count). The highest BCUT2D eigenvalue weighted by Crippen LogP contribution is 2.27. The summed E-state index contributed by atoms with van der Waals surface area (Å²) in [4.78, 5) is 0. The summed E-state index contributed by atoms with van der Waals surface area (Å²) in [7, 11) is 0. The quantitative estimate of drug-likeness (QED) is 0.833. The van der Waals surface area contributed by atoms with Crippen LogP contribution in [-0.4, -0.2) is 17.8 Å². The molecule has 1 aromatic rings. The number of benzene rings is 1. The summed E-state index contributed by atoms with van der Waals surface area (Å²) in [6, 6.07) is 6.10. The lowest BCUT2D eigenvalue weighted by atomic mass is 9.87. The zero-order chi connectivity index (χ0) is 12.1. The van der Waals surface area contributed by atoms with E-state index in [1.54, 1.807) is 0 Å². The van der Waals surface area contributed by atoms with Crippen molar-refractivity contribution in [3.05, 3.63) is 34.3 Å². The van der Waals surface area contributed by atoms with Crippen LogP contribution in [0.3, 0.4) is 0 Å². The fraction of sp³-hybridized carbons (Fsp3) is 0.538. The Morgan fingerprint density at radius 2 is 2.12 bits per heavy atom. The van der Waals surface area contributed by atoms with Crippen LogP contribution in [0.2, 0.25) is 5.02 Å². The first-order chi connectivity index (χ1) is 7.60. The molecular formula is C13H20ClNO. The van der Waals surface area contributed by atoms with Crippen molar-refractivity contribution in [2.45, 2.75) is 38.6 Å². The summed E-state index contributed by atoms with van der Waals surface area (Å²) in [6.45, 7) is 4.20. The Labute approximate surface area is 102 Å². The molecule has 0 radical (unpaired) electrons. The minimum atomic E-state index is 0.0749. The predicted molar refractivity (Wildman–Crippen MR) is 68.9 cm³/mol. The molecule has 0 aliphatic heterocycles. The topological polar surface area (TPSA) is 46.2 Å². The highest BCUT2D eigenvalue weighted by molar-refractivity contribution is 6.31. The van der Waals surface area contributed by atoms with E-state index < -0.39 is 0 Å². The fourth-order valence-electron chi connectivity index (χ4n) is 1.89. The van der Waals surface area contributed by atoms with E-state index in [4.69, 9.17) is 22.4 Å². The molecule has 0 saturated heterocycles. The van der Waals surface area contributed by atoms with Gasteiger partial charge in [-0.05, 0) is 37.0 Å². The molecule has 90 valence electrons. The zero-order valence-corrected chi connectivity index (χ0v) is 10.7. The number of rotatable bonds is 5. The average Bonchev–Trinajstić information content (AvgIpc) is 2.29. The molecule has 0 aliphatic rings. The number of hydrogen-bond donors (Lipinski definition) is 2. The monoisotopic (exact) mass is 241 g/mol. The summed E-state index contributed by atoms with van der Waals surface area (Å²) in [6.07, 6.45) is 1.59. The van der Waals surface area contributed by atoms with Crippen LogP contribution in [0.15, 0.2) is 18.2 Å². The van der Waals surface area contributed by atoms with E-state index in [0.717, 1.165) is 22.6 Å². The molecule has 2 atom stereocenters. The van der Waals surface area contributed by atoms with Crippen molar-refractivity contribution >= 4 is 11.6 Å². The summed E-state index contributed by atoms with van der Waals surface area (Å²) in [5, 5.41) is 9.85. The van der Waals surface area contributed by atoms with E-state index in [1.165, 1.54) is 0 Å². The largest absolute Gasteiger partial charge is 0.396 e. The fourth-order valence-corrected chi connectivity index (χ4v) is 2.08. The van der Waals surface area contributed by atoms with Crippen molar-refractivity contribution in [1.82, 2.24) is 0 Å². The van der Waals surface area contributed by atoms with Crippen molar-refractivity contribution in [2.75, 3.05) is 6.61 Å². The maximum Gasteiger partial charge on any atom is 0.0438 e. The van der Waals surface area contributed by atoms with Crippen molar-refractivity contribution in [2.24, 2.45) is 5.73 Å². The zero-order valence-electron chi connectivity index (χ0n) is 9.91. The molecule has 2 nitrogen and oxygen atoms in total. The first-order valence-electron chi connectivity index (χ1n) is 5.72. The van der Waals surface area contributed by atoms with Gasteiger partial charge in [-0.2, -0.15) is 0 Å². The van der Waals surface area contributed by atoms with Gasteiger partial charge in [-0.1, -0.05) is 30.7 Å². The normalized spacial score (nSPS) is 14.8. The van der Waals surface area contributed by atoms with Gasteiger partial charge in [0.05, 0.1) is 0 Å². The van der Waals surface area contributed by atoms with Gasteiger partial charge in [0.1, 0.15) is 0 Å². The van der Waals surface area contributed by atoms with Crippen LogP contribution < -0.4 is 5.73 Å². The molecule has 16 heavy (non-hydrogen) atoms. The van der Waals surface area contributed by atoms with Crippen LogP contribution in [-0.2, 0) is 0 Å². The van der Waals surface area contributed by atoms with Gasteiger partial charge >= 0.3 is 0 Å². The van der Waals surface area contributed by atoms with E-state index in [1.807, 2.05) is 19.1 Å². The van der Waals surface area contributed by atoms with E-state index in [-0.39, 0.29) is 18.6 Å².